The molecular weight excluding hydrogens is 212 g/mol. The molecule has 0 saturated carbocycles. The number of carbonyl (C=O) groups excluding carboxylic acids is 1. The fraction of sp³-hybridized carbons (Fsp3) is 0.500. The summed E-state index contributed by atoms with van der Waals surface area (Å²) < 4.78 is 0. The van der Waals surface area contributed by atoms with Crippen molar-refractivity contribution in [2.75, 3.05) is 20.1 Å². The van der Waals surface area contributed by atoms with E-state index in [2.05, 4.69) is 18.2 Å². The van der Waals surface area contributed by atoms with Crippen molar-refractivity contribution in [2.24, 2.45) is 5.73 Å². The molecule has 0 heterocycles. The third-order valence-electron chi connectivity index (χ3n) is 3.37. The molecule has 0 aromatic heterocycles. The monoisotopic (exact) mass is 232 g/mol. The first-order valence-electron chi connectivity index (χ1n) is 6.22. The molecule has 0 fully saturated rings. The molecule has 3 nitrogen and oxygen atoms in total. The average Bonchev–Trinajstić information content (AvgIpc) is 2.72. The first-order chi connectivity index (χ1) is 8.15. The third kappa shape index (κ3) is 3.30. The number of benzene rings is 1. The molecule has 0 spiro atoms. The molecule has 0 unspecified atom stereocenters. The number of hydrogen-bond donors (Lipinski definition) is 1. The first kappa shape index (κ1) is 12.1. The highest BCUT2D eigenvalue weighted by Gasteiger charge is 2.11. The van der Waals surface area contributed by atoms with Crippen LogP contribution in [0.2, 0.25) is 0 Å². The van der Waals surface area contributed by atoms with Crippen molar-refractivity contribution >= 4 is 5.91 Å². The van der Waals surface area contributed by atoms with Gasteiger partial charge in [-0.2, -0.15) is 0 Å². The van der Waals surface area contributed by atoms with Crippen LogP contribution in [0.3, 0.4) is 0 Å². The highest BCUT2D eigenvalue weighted by Crippen LogP contribution is 2.22. The molecule has 0 bridgehead atoms. The smallest absolute Gasteiger partial charge is 0.231 e. The highest BCUT2D eigenvalue weighted by atomic mass is 16.1. The molecule has 0 aliphatic heterocycles. The van der Waals surface area contributed by atoms with Gasteiger partial charge in [0.25, 0.3) is 0 Å². The maximum absolute atomic E-state index is 10.8. The largest absolute Gasteiger partial charge is 0.369 e. The van der Waals surface area contributed by atoms with E-state index >= 15 is 0 Å². The fourth-order valence-electron chi connectivity index (χ4n) is 2.45. The normalized spacial score (nSPS) is 14.0. The number of aryl methyl sites for hydroxylation is 2. The number of amides is 1. The number of nitrogens with two attached hydrogens (primary N) is 1. The minimum atomic E-state index is -0.263. The Morgan fingerprint density at radius 1 is 1.35 bits per heavy atom. The Morgan fingerprint density at radius 2 is 2.12 bits per heavy atom. The van der Waals surface area contributed by atoms with Crippen molar-refractivity contribution in [3.63, 3.8) is 0 Å². The number of nitrogens with zero attached hydrogens (tertiary/aromatic N) is 1. The molecule has 1 amide bonds. The van der Waals surface area contributed by atoms with E-state index in [-0.39, 0.29) is 5.91 Å². The van der Waals surface area contributed by atoms with Crippen LogP contribution in [0.5, 0.6) is 0 Å². The molecule has 3 heteroatoms. The zero-order chi connectivity index (χ0) is 12.3. The summed E-state index contributed by atoms with van der Waals surface area (Å²) in [7, 11) is 1.93. The van der Waals surface area contributed by atoms with Gasteiger partial charge in [0.1, 0.15) is 0 Å². The molecule has 1 aliphatic rings. The van der Waals surface area contributed by atoms with Crippen molar-refractivity contribution in [3.8, 4) is 0 Å². The van der Waals surface area contributed by atoms with Crippen molar-refractivity contribution in [2.45, 2.75) is 25.7 Å². The lowest BCUT2D eigenvalue weighted by atomic mass is 10.0. The number of hydrogen-bond acceptors (Lipinski definition) is 2. The summed E-state index contributed by atoms with van der Waals surface area (Å²) in [5.74, 6) is -0.263. The van der Waals surface area contributed by atoms with Gasteiger partial charge in [-0.1, -0.05) is 18.2 Å². The Labute approximate surface area is 103 Å². The van der Waals surface area contributed by atoms with Crippen LogP contribution in [0.1, 0.15) is 23.1 Å². The number of primary amides is 1. The third-order valence-corrected chi connectivity index (χ3v) is 3.37. The zero-order valence-corrected chi connectivity index (χ0v) is 10.4. The van der Waals surface area contributed by atoms with Crippen LogP contribution in [0.4, 0.5) is 0 Å². The van der Waals surface area contributed by atoms with Crippen LogP contribution in [0.15, 0.2) is 18.2 Å². The van der Waals surface area contributed by atoms with Crippen molar-refractivity contribution in [1.29, 1.82) is 0 Å². The van der Waals surface area contributed by atoms with E-state index in [0.717, 1.165) is 13.0 Å². The number of likely N-dealkylation sites (N-methyl/N-ethyl adjacent to an activating group) is 1. The van der Waals surface area contributed by atoms with E-state index in [0.29, 0.717) is 6.54 Å². The van der Waals surface area contributed by atoms with Gasteiger partial charge in [-0.25, -0.2) is 0 Å². The summed E-state index contributed by atoms with van der Waals surface area (Å²) in [6.07, 6.45) is 4.73. The predicted octanol–water partition coefficient (Wildman–Crippen LogP) is 1.13. The Kier molecular flexibility index (Phi) is 3.79. The van der Waals surface area contributed by atoms with E-state index in [1.165, 1.54) is 36.0 Å². The van der Waals surface area contributed by atoms with Crippen molar-refractivity contribution in [3.05, 3.63) is 34.9 Å². The van der Waals surface area contributed by atoms with E-state index < -0.39 is 0 Å². The van der Waals surface area contributed by atoms with Crippen LogP contribution < -0.4 is 5.73 Å². The molecule has 1 aromatic rings. The lowest BCUT2D eigenvalue weighted by Crippen LogP contribution is -2.32. The van der Waals surface area contributed by atoms with Gasteiger partial charge in [-0.3, -0.25) is 9.69 Å². The minimum absolute atomic E-state index is 0.263. The van der Waals surface area contributed by atoms with Gasteiger partial charge in [0.2, 0.25) is 5.91 Å². The summed E-state index contributed by atoms with van der Waals surface area (Å²) in [6, 6.07) is 6.79. The lowest BCUT2D eigenvalue weighted by Gasteiger charge is -2.14. The van der Waals surface area contributed by atoms with Crippen LogP contribution in [0, 0.1) is 0 Å². The molecule has 1 aromatic carbocycles. The number of carbonyl (C=O) groups is 1. The Morgan fingerprint density at radius 3 is 2.88 bits per heavy atom. The lowest BCUT2D eigenvalue weighted by molar-refractivity contribution is -0.118. The van der Waals surface area contributed by atoms with Crippen LogP contribution in [-0.2, 0) is 24.1 Å². The maximum Gasteiger partial charge on any atom is 0.231 e. The summed E-state index contributed by atoms with van der Waals surface area (Å²) >= 11 is 0. The topological polar surface area (TPSA) is 46.3 Å². The zero-order valence-electron chi connectivity index (χ0n) is 10.4. The number of rotatable bonds is 5. The fourth-order valence-corrected chi connectivity index (χ4v) is 2.45. The molecule has 2 N–H and O–H groups in total. The summed E-state index contributed by atoms with van der Waals surface area (Å²) in [4.78, 5) is 12.7. The molecule has 1 aliphatic carbocycles. The van der Waals surface area contributed by atoms with Crippen molar-refractivity contribution in [1.82, 2.24) is 4.90 Å². The maximum atomic E-state index is 10.8. The second-order valence-corrected chi connectivity index (χ2v) is 4.91. The SMILES string of the molecule is CN(CCc1ccc2c(c1)CCC2)CC(N)=O. The van der Waals surface area contributed by atoms with Gasteiger partial charge in [-0.05, 0) is 49.4 Å². The van der Waals surface area contributed by atoms with Crippen LogP contribution in [0.25, 0.3) is 0 Å². The van der Waals surface area contributed by atoms with Gasteiger partial charge < -0.3 is 5.73 Å². The molecule has 0 radical (unpaired) electrons. The Hall–Kier alpha value is -1.35. The van der Waals surface area contributed by atoms with Crippen LogP contribution >= 0.6 is 0 Å². The summed E-state index contributed by atoms with van der Waals surface area (Å²) in [5, 5.41) is 0. The van der Waals surface area contributed by atoms with E-state index in [4.69, 9.17) is 5.73 Å². The predicted molar refractivity (Wildman–Crippen MR) is 68.9 cm³/mol. The Bertz CT molecular complexity index is 415. The van der Waals surface area contributed by atoms with E-state index in [1.54, 1.807) is 0 Å². The van der Waals surface area contributed by atoms with Gasteiger partial charge in [0.15, 0.2) is 0 Å². The standard InChI is InChI=1S/C14H20N2O/c1-16(10-14(15)17)8-7-11-5-6-12-3-2-4-13(12)9-11/h5-6,9H,2-4,7-8,10H2,1H3,(H2,15,17). The molecule has 17 heavy (non-hydrogen) atoms. The quantitative estimate of drug-likeness (QED) is 0.827. The summed E-state index contributed by atoms with van der Waals surface area (Å²) in [5.41, 5.74) is 9.55. The highest BCUT2D eigenvalue weighted by molar-refractivity contribution is 5.75. The van der Waals surface area contributed by atoms with Crippen LogP contribution in [-0.4, -0.2) is 30.9 Å². The van der Waals surface area contributed by atoms with Gasteiger partial charge >= 0.3 is 0 Å². The van der Waals surface area contributed by atoms with Gasteiger partial charge in [0, 0.05) is 6.54 Å². The molecule has 92 valence electrons. The average molecular weight is 232 g/mol. The second kappa shape index (κ2) is 5.32. The van der Waals surface area contributed by atoms with E-state index in [9.17, 15) is 4.79 Å². The molecule has 2 rings (SSSR count). The molecule has 0 atom stereocenters. The second-order valence-electron chi connectivity index (χ2n) is 4.91. The van der Waals surface area contributed by atoms with Gasteiger partial charge in [0.05, 0.1) is 6.54 Å². The minimum Gasteiger partial charge on any atom is -0.369 e. The Balaban J connectivity index is 1.89. The number of fused-ring (bicyclic) bond motifs is 1. The van der Waals surface area contributed by atoms with E-state index in [1.807, 2.05) is 11.9 Å². The molecular formula is C14H20N2O. The van der Waals surface area contributed by atoms with Crippen molar-refractivity contribution < 1.29 is 4.79 Å². The molecule has 0 saturated heterocycles. The summed E-state index contributed by atoms with van der Waals surface area (Å²) in [6.45, 7) is 1.21. The first-order valence-corrected chi connectivity index (χ1v) is 6.22. The van der Waals surface area contributed by atoms with Gasteiger partial charge in [-0.15, -0.1) is 0 Å².